The fourth-order valence-electron chi connectivity index (χ4n) is 2.97. The summed E-state index contributed by atoms with van der Waals surface area (Å²) in [5.41, 5.74) is 0.0140. The highest BCUT2D eigenvalue weighted by atomic mass is 127. The van der Waals surface area contributed by atoms with Gasteiger partial charge in [-0.15, -0.1) is 24.0 Å². The molecule has 1 heterocycles. The van der Waals surface area contributed by atoms with Gasteiger partial charge in [0.05, 0.1) is 19.1 Å². The lowest BCUT2D eigenvalue weighted by Gasteiger charge is -2.21. The van der Waals surface area contributed by atoms with E-state index in [9.17, 15) is 13.6 Å². The van der Waals surface area contributed by atoms with Crippen LogP contribution in [0.5, 0.6) is 0 Å². The van der Waals surface area contributed by atoms with Crippen molar-refractivity contribution in [1.82, 2.24) is 10.6 Å². The van der Waals surface area contributed by atoms with Gasteiger partial charge in [-0.3, -0.25) is 9.79 Å². The van der Waals surface area contributed by atoms with Crippen molar-refractivity contribution in [2.45, 2.75) is 45.8 Å². The minimum atomic E-state index is -0.556. The molecule has 1 aliphatic rings. The third kappa shape index (κ3) is 7.40. The molecule has 28 heavy (non-hydrogen) atoms. The van der Waals surface area contributed by atoms with E-state index in [1.165, 1.54) is 18.2 Å². The van der Waals surface area contributed by atoms with Gasteiger partial charge in [0.25, 0.3) is 0 Å². The van der Waals surface area contributed by atoms with Crippen molar-refractivity contribution in [1.29, 1.82) is 0 Å². The Labute approximate surface area is 182 Å². The second kappa shape index (κ2) is 12.0. The van der Waals surface area contributed by atoms with Crippen LogP contribution in [0.4, 0.5) is 14.5 Å². The molecule has 2 N–H and O–H groups in total. The Kier molecular flexibility index (Phi) is 10.5. The van der Waals surface area contributed by atoms with Crippen LogP contribution < -0.4 is 15.5 Å². The standard InChI is InChI=1S/C19H28F2N4O2.HI/c1-4-22-19(23-10-8-17(26)27-13(2)3)24-14-9-11-25(12-14)18-15(20)6-5-7-16(18)21;/h5-7,13-14H,4,8-12H2,1-3H3,(H2,22,23,24);1H. The van der Waals surface area contributed by atoms with Gasteiger partial charge in [0.2, 0.25) is 0 Å². The second-order valence-corrected chi connectivity index (χ2v) is 6.70. The summed E-state index contributed by atoms with van der Waals surface area (Å²) in [4.78, 5) is 17.7. The van der Waals surface area contributed by atoms with Crippen LogP contribution in [0, 0.1) is 11.6 Å². The zero-order chi connectivity index (χ0) is 19.8. The molecule has 0 bridgehead atoms. The summed E-state index contributed by atoms with van der Waals surface area (Å²) < 4.78 is 33.0. The topological polar surface area (TPSA) is 66.0 Å². The molecule has 1 saturated heterocycles. The summed E-state index contributed by atoms with van der Waals surface area (Å²) in [7, 11) is 0. The number of nitrogens with one attached hydrogen (secondary N) is 2. The van der Waals surface area contributed by atoms with E-state index in [0.717, 1.165) is 6.42 Å². The molecule has 158 valence electrons. The number of carbonyl (C=O) groups is 1. The summed E-state index contributed by atoms with van der Waals surface area (Å²) in [5, 5.41) is 6.39. The van der Waals surface area contributed by atoms with Crippen molar-refractivity contribution in [3.05, 3.63) is 29.8 Å². The number of rotatable bonds is 7. The highest BCUT2D eigenvalue weighted by molar-refractivity contribution is 14.0. The number of carbonyl (C=O) groups excluding carboxylic acids is 1. The molecule has 0 aliphatic carbocycles. The van der Waals surface area contributed by atoms with Gasteiger partial charge < -0.3 is 20.3 Å². The lowest BCUT2D eigenvalue weighted by Crippen LogP contribution is -2.44. The van der Waals surface area contributed by atoms with E-state index in [2.05, 4.69) is 15.6 Å². The van der Waals surface area contributed by atoms with E-state index in [1.54, 1.807) is 18.7 Å². The quantitative estimate of drug-likeness (QED) is 0.256. The molecule has 9 heteroatoms. The fraction of sp³-hybridized carbons (Fsp3) is 0.579. The van der Waals surface area contributed by atoms with Gasteiger partial charge in [-0.1, -0.05) is 6.07 Å². The summed E-state index contributed by atoms with van der Waals surface area (Å²) in [6, 6.07) is 3.90. The Balaban J connectivity index is 0.00000392. The second-order valence-electron chi connectivity index (χ2n) is 6.70. The molecular formula is C19H29F2IN4O2. The van der Waals surface area contributed by atoms with Crippen LogP contribution in [0.2, 0.25) is 0 Å². The zero-order valence-corrected chi connectivity index (χ0v) is 18.8. The van der Waals surface area contributed by atoms with E-state index >= 15 is 0 Å². The van der Waals surface area contributed by atoms with Gasteiger partial charge in [0.1, 0.15) is 17.3 Å². The fourth-order valence-corrected chi connectivity index (χ4v) is 2.97. The number of benzene rings is 1. The highest BCUT2D eigenvalue weighted by Gasteiger charge is 2.27. The van der Waals surface area contributed by atoms with Crippen LogP contribution in [-0.2, 0) is 9.53 Å². The van der Waals surface area contributed by atoms with Crippen molar-refractivity contribution >= 4 is 41.6 Å². The zero-order valence-electron chi connectivity index (χ0n) is 16.5. The number of ether oxygens (including phenoxy) is 1. The van der Waals surface area contributed by atoms with Crippen LogP contribution in [0.1, 0.15) is 33.6 Å². The monoisotopic (exact) mass is 510 g/mol. The molecule has 1 atom stereocenters. The molecule has 1 fully saturated rings. The first kappa shape index (κ1) is 24.4. The van der Waals surface area contributed by atoms with Crippen LogP contribution in [0.15, 0.2) is 23.2 Å². The molecule has 1 aliphatic heterocycles. The average molecular weight is 510 g/mol. The lowest BCUT2D eigenvalue weighted by atomic mass is 10.2. The minimum Gasteiger partial charge on any atom is -0.463 e. The molecule has 0 amide bonds. The number of halogens is 3. The summed E-state index contributed by atoms with van der Waals surface area (Å²) in [6.07, 6.45) is 0.788. The third-order valence-corrected chi connectivity index (χ3v) is 4.08. The first-order chi connectivity index (χ1) is 12.9. The Hall–Kier alpha value is -1.65. The predicted octanol–water partition coefficient (Wildman–Crippen LogP) is 3.06. The molecule has 0 saturated carbocycles. The highest BCUT2D eigenvalue weighted by Crippen LogP contribution is 2.26. The predicted molar refractivity (Wildman–Crippen MR) is 117 cm³/mol. The first-order valence-electron chi connectivity index (χ1n) is 9.34. The number of esters is 1. The van der Waals surface area contributed by atoms with Crippen molar-refractivity contribution < 1.29 is 18.3 Å². The maximum absolute atomic E-state index is 14.0. The minimum absolute atomic E-state index is 0. The molecular weight excluding hydrogens is 481 g/mol. The molecule has 1 unspecified atom stereocenters. The molecule has 2 rings (SSSR count). The van der Waals surface area contributed by atoms with Crippen molar-refractivity contribution in [2.75, 3.05) is 31.1 Å². The molecule has 0 aromatic heterocycles. The number of anilines is 1. The van der Waals surface area contributed by atoms with Crippen molar-refractivity contribution in [3.63, 3.8) is 0 Å². The molecule has 0 radical (unpaired) electrons. The number of hydrogen-bond acceptors (Lipinski definition) is 4. The summed E-state index contributed by atoms with van der Waals surface area (Å²) >= 11 is 0. The van der Waals surface area contributed by atoms with Crippen LogP contribution in [-0.4, -0.2) is 50.3 Å². The smallest absolute Gasteiger partial charge is 0.307 e. The molecule has 6 nitrogen and oxygen atoms in total. The van der Waals surface area contributed by atoms with Gasteiger partial charge in [-0.25, -0.2) is 8.78 Å². The maximum Gasteiger partial charge on any atom is 0.307 e. The molecule has 1 aromatic rings. The number of nitrogens with zero attached hydrogens (tertiary/aromatic N) is 2. The first-order valence-corrected chi connectivity index (χ1v) is 9.34. The maximum atomic E-state index is 14.0. The van der Waals surface area contributed by atoms with Gasteiger partial charge >= 0.3 is 5.97 Å². The van der Waals surface area contributed by atoms with Gasteiger partial charge in [0, 0.05) is 25.7 Å². The Morgan fingerprint density at radius 3 is 2.64 bits per heavy atom. The van der Waals surface area contributed by atoms with E-state index in [0.29, 0.717) is 32.1 Å². The average Bonchev–Trinajstić information content (AvgIpc) is 3.02. The number of aliphatic imine (C=N–C) groups is 1. The van der Waals surface area contributed by atoms with E-state index in [4.69, 9.17) is 4.74 Å². The number of hydrogen-bond donors (Lipinski definition) is 2. The summed E-state index contributed by atoms with van der Waals surface area (Å²) in [5.74, 6) is -0.817. The SMILES string of the molecule is CCNC(=NCCC(=O)OC(C)C)NC1CCN(c2c(F)cccc2F)C1.I. The van der Waals surface area contributed by atoms with Crippen molar-refractivity contribution in [3.8, 4) is 0 Å². The van der Waals surface area contributed by atoms with Crippen LogP contribution in [0.25, 0.3) is 0 Å². The summed E-state index contributed by atoms with van der Waals surface area (Å²) in [6.45, 7) is 7.54. The van der Waals surface area contributed by atoms with Gasteiger partial charge in [-0.05, 0) is 39.3 Å². The Morgan fingerprint density at radius 1 is 1.36 bits per heavy atom. The molecule has 0 spiro atoms. The van der Waals surface area contributed by atoms with E-state index in [1.807, 2.05) is 6.92 Å². The van der Waals surface area contributed by atoms with Gasteiger partial charge in [0.15, 0.2) is 5.96 Å². The Bertz CT molecular complexity index is 653. The normalized spacial score (nSPS) is 16.7. The van der Waals surface area contributed by atoms with E-state index in [-0.39, 0.29) is 54.2 Å². The van der Waals surface area contributed by atoms with Crippen LogP contribution in [0.3, 0.4) is 0 Å². The Morgan fingerprint density at radius 2 is 2.04 bits per heavy atom. The number of para-hydroxylation sites is 1. The number of guanidine groups is 1. The van der Waals surface area contributed by atoms with E-state index < -0.39 is 11.6 Å². The third-order valence-electron chi connectivity index (χ3n) is 4.08. The van der Waals surface area contributed by atoms with Crippen molar-refractivity contribution in [2.24, 2.45) is 4.99 Å². The van der Waals surface area contributed by atoms with Crippen LogP contribution >= 0.6 is 24.0 Å². The molecule has 1 aromatic carbocycles. The largest absolute Gasteiger partial charge is 0.463 e. The van der Waals surface area contributed by atoms with Gasteiger partial charge in [-0.2, -0.15) is 0 Å². The lowest BCUT2D eigenvalue weighted by molar-refractivity contribution is -0.147.